The fourth-order valence-electron chi connectivity index (χ4n) is 3.83. The summed E-state index contributed by atoms with van der Waals surface area (Å²) >= 11 is 0. The third-order valence-electron chi connectivity index (χ3n) is 5.54. The normalized spacial score (nSPS) is 12.6. The van der Waals surface area contributed by atoms with Crippen molar-refractivity contribution in [2.24, 2.45) is 0 Å². The topological polar surface area (TPSA) is 56.6 Å². The number of anilines is 1. The number of rotatable bonds is 5. The summed E-state index contributed by atoms with van der Waals surface area (Å²) in [7, 11) is 3.80. The van der Waals surface area contributed by atoms with Gasteiger partial charge in [0.2, 0.25) is 0 Å². The quantitative estimate of drug-likeness (QED) is 0.380. The van der Waals surface area contributed by atoms with Crippen LogP contribution in [-0.4, -0.2) is 35.6 Å². The van der Waals surface area contributed by atoms with Crippen molar-refractivity contribution in [3.05, 3.63) is 72.5 Å². The minimum absolute atomic E-state index is 0. The van der Waals surface area contributed by atoms with Crippen molar-refractivity contribution in [3.8, 4) is 16.9 Å². The van der Waals surface area contributed by atoms with Gasteiger partial charge < -0.3 is 14.2 Å². The molecule has 0 unspecified atom stereocenters. The molecule has 0 spiro atoms. The number of fused-ring (bicyclic) bond motifs is 1. The van der Waals surface area contributed by atoms with E-state index >= 15 is 0 Å². The van der Waals surface area contributed by atoms with Gasteiger partial charge in [-0.3, -0.25) is 4.90 Å². The molecule has 0 fully saturated rings. The van der Waals surface area contributed by atoms with Gasteiger partial charge in [0.15, 0.2) is 0 Å². The average molecular weight is 493 g/mol. The molecule has 1 aromatic heterocycles. The summed E-state index contributed by atoms with van der Waals surface area (Å²) in [6.45, 7) is 5.23. The molecule has 0 bridgehead atoms. The van der Waals surface area contributed by atoms with E-state index in [0.29, 0.717) is 13.2 Å². The van der Waals surface area contributed by atoms with Crippen molar-refractivity contribution in [1.82, 2.24) is 9.78 Å². The summed E-state index contributed by atoms with van der Waals surface area (Å²) in [5.41, 5.74) is 6.40. The van der Waals surface area contributed by atoms with Crippen LogP contribution in [0.1, 0.15) is 23.1 Å². The Kier molecular flexibility index (Phi) is 7.79. The second kappa shape index (κ2) is 10.3. The van der Waals surface area contributed by atoms with Crippen LogP contribution in [0.15, 0.2) is 48.8 Å². The maximum absolute atomic E-state index is 12.8. The molecule has 0 saturated carbocycles. The van der Waals surface area contributed by atoms with E-state index in [4.69, 9.17) is 9.47 Å². The van der Waals surface area contributed by atoms with Crippen LogP contribution in [-0.2, 0) is 43.9 Å². The summed E-state index contributed by atoms with van der Waals surface area (Å²) in [4.78, 5) is 14.5. The van der Waals surface area contributed by atoms with Gasteiger partial charge in [-0.15, -0.1) is 6.20 Å². The molecule has 1 radical (unpaired) electrons. The van der Waals surface area contributed by atoms with Crippen LogP contribution in [0.5, 0.6) is 5.75 Å². The van der Waals surface area contributed by atoms with Crippen molar-refractivity contribution in [1.29, 1.82) is 0 Å². The number of ether oxygens (including phenoxy) is 2. The number of carbonyl (C=O) groups excluding carboxylic acids is 1. The molecular weight excluding hydrogens is 467 g/mol. The zero-order chi connectivity index (χ0) is 21.1. The first kappa shape index (κ1) is 23.4. The molecule has 0 atom stereocenters. The summed E-state index contributed by atoms with van der Waals surface area (Å²) in [6.07, 6.45) is 5.14. The molecule has 1 amide bonds. The molecule has 159 valence electrons. The summed E-state index contributed by atoms with van der Waals surface area (Å²) in [5.74, 6) is 0.824. The monoisotopic (exact) mass is 493 g/mol. The van der Waals surface area contributed by atoms with Gasteiger partial charge in [-0.2, -0.15) is 7.05 Å². The third kappa shape index (κ3) is 5.13. The Morgan fingerprint density at radius 1 is 1.16 bits per heavy atom. The minimum atomic E-state index is -0.342. The number of hydrogen-bond acceptors (Lipinski definition) is 4. The standard InChI is InChI=1S/C24H26N3O3.Y/c1-17-7-4-11-23(18(17)2)29-13-14-30-24(28)27-12-6-9-21-20(8-5-10-22(21)27)19-15-25-26(3)16-19;/h4-5,7-8,10-11,15-16H,3,6,9,12-14H2,1-2H3;/q-1;. The summed E-state index contributed by atoms with van der Waals surface area (Å²) in [6, 6.07) is 11.9. The van der Waals surface area contributed by atoms with Crippen LogP contribution >= 0.6 is 0 Å². The Morgan fingerprint density at radius 3 is 2.74 bits per heavy atom. The summed E-state index contributed by atoms with van der Waals surface area (Å²) < 4.78 is 12.8. The van der Waals surface area contributed by atoms with Crippen molar-refractivity contribution in [3.63, 3.8) is 0 Å². The molecule has 7 heteroatoms. The largest absolute Gasteiger partial charge is 0.490 e. The number of nitrogens with zero attached hydrogens (tertiary/aromatic N) is 3. The van der Waals surface area contributed by atoms with Crippen molar-refractivity contribution in [2.45, 2.75) is 26.7 Å². The Bertz CT molecular complexity index is 1060. The molecule has 3 aromatic rings. The van der Waals surface area contributed by atoms with Crippen LogP contribution < -0.4 is 9.64 Å². The van der Waals surface area contributed by atoms with Crippen LogP contribution in [0.25, 0.3) is 11.1 Å². The Morgan fingerprint density at radius 2 is 1.97 bits per heavy atom. The van der Waals surface area contributed by atoms with Gasteiger partial charge in [-0.05, 0) is 61.1 Å². The molecule has 0 N–H and O–H groups in total. The molecule has 1 aliphatic heterocycles. The molecule has 0 aliphatic carbocycles. The second-order valence-corrected chi connectivity index (χ2v) is 7.49. The zero-order valence-corrected chi connectivity index (χ0v) is 20.8. The van der Waals surface area contributed by atoms with Gasteiger partial charge in [0.1, 0.15) is 19.0 Å². The van der Waals surface area contributed by atoms with Gasteiger partial charge in [0.25, 0.3) is 0 Å². The average Bonchev–Trinajstić information content (AvgIpc) is 3.19. The van der Waals surface area contributed by atoms with E-state index in [-0.39, 0.29) is 45.4 Å². The van der Waals surface area contributed by atoms with Gasteiger partial charge in [-0.25, -0.2) is 9.89 Å². The predicted molar refractivity (Wildman–Crippen MR) is 117 cm³/mol. The van der Waals surface area contributed by atoms with E-state index in [1.807, 2.05) is 50.4 Å². The van der Waals surface area contributed by atoms with Crippen molar-refractivity contribution < 1.29 is 47.0 Å². The minimum Gasteiger partial charge on any atom is -0.490 e. The number of hydrogen-bond donors (Lipinski definition) is 0. The van der Waals surface area contributed by atoms with Gasteiger partial charge >= 0.3 is 6.09 Å². The molecule has 4 rings (SSSR count). The Labute approximate surface area is 208 Å². The number of aromatic nitrogens is 2. The number of carbonyl (C=O) groups is 1. The zero-order valence-electron chi connectivity index (χ0n) is 18.0. The number of amides is 1. The molecule has 31 heavy (non-hydrogen) atoms. The first-order chi connectivity index (χ1) is 14.5. The van der Waals surface area contributed by atoms with E-state index in [9.17, 15) is 4.79 Å². The number of aryl methyl sites for hydroxylation is 1. The Hall–Kier alpha value is -2.31. The smallest absolute Gasteiger partial charge is 0.414 e. The van der Waals surface area contributed by atoms with E-state index in [0.717, 1.165) is 46.5 Å². The predicted octanol–water partition coefficient (Wildman–Crippen LogP) is 4.77. The molecule has 2 heterocycles. The molecular formula is C24H26N3O3Y-. The summed E-state index contributed by atoms with van der Waals surface area (Å²) in [5, 5.41) is 4.17. The fourth-order valence-corrected chi connectivity index (χ4v) is 3.83. The van der Waals surface area contributed by atoms with Crippen molar-refractivity contribution >= 4 is 11.8 Å². The number of benzene rings is 2. The fraction of sp³-hybridized carbons (Fsp3) is 0.292. The van der Waals surface area contributed by atoms with Gasteiger partial charge in [-0.1, -0.05) is 29.8 Å². The van der Waals surface area contributed by atoms with Crippen LogP contribution in [0.4, 0.5) is 10.5 Å². The Balaban J connectivity index is 0.00000272. The maximum atomic E-state index is 12.8. The molecule has 0 saturated heterocycles. The van der Waals surface area contributed by atoms with E-state index in [2.05, 4.69) is 18.2 Å². The first-order valence-electron chi connectivity index (χ1n) is 10.2. The van der Waals surface area contributed by atoms with Gasteiger partial charge in [0, 0.05) is 45.5 Å². The van der Waals surface area contributed by atoms with E-state index in [1.165, 1.54) is 5.56 Å². The molecule has 6 nitrogen and oxygen atoms in total. The van der Waals surface area contributed by atoms with Gasteiger partial charge in [0.05, 0.1) is 5.69 Å². The SMILES string of the molecule is [CH2-]n1cc(-c2cccc3c2CCCN3C(=O)OCCOc2cccc(C)c2C)cn1.[Y]. The second-order valence-electron chi connectivity index (χ2n) is 7.49. The van der Waals surface area contributed by atoms with Crippen LogP contribution in [0.3, 0.4) is 0 Å². The van der Waals surface area contributed by atoms with E-state index in [1.54, 1.807) is 15.8 Å². The first-order valence-corrected chi connectivity index (χ1v) is 10.2. The van der Waals surface area contributed by atoms with Crippen LogP contribution in [0.2, 0.25) is 0 Å². The molecule has 2 aromatic carbocycles. The van der Waals surface area contributed by atoms with Crippen LogP contribution in [0, 0.1) is 20.9 Å². The molecule has 1 aliphatic rings. The van der Waals surface area contributed by atoms with Crippen molar-refractivity contribution in [2.75, 3.05) is 24.7 Å². The maximum Gasteiger partial charge on any atom is 0.414 e. The van der Waals surface area contributed by atoms with E-state index < -0.39 is 0 Å². The third-order valence-corrected chi connectivity index (χ3v) is 5.54.